The predicted octanol–water partition coefficient (Wildman–Crippen LogP) is 4.92. The van der Waals surface area contributed by atoms with E-state index in [1.165, 1.54) is 11.2 Å². The van der Waals surface area contributed by atoms with Gasteiger partial charge in [-0.1, -0.05) is 12.1 Å². The molecule has 4 rings (SSSR count). The lowest BCUT2D eigenvalue weighted by molar-refractivity contribution is -0.132. The van der Waals surface area contributed by atoms with Crippen molar-refractivity contribution in [1.82, 2.24) is 0 Å². The number of nitrogens with zero attached hydrogens (tertiary/aromatic N) is 1. The zero-order chi connectivity index (χ0) is 22.1. The molecule has 1 amide bonds. The number of ketones is 1. The Morgan fingerprint density at radius 1 is 1.10 bits per heavy atom. The second kappa shape index (κ2) is 8.14. The fraction of sp³-hybridized carbons (Fsp3) is 0.200. The molecule has 2 aromatic carbocycles. The highest BCUT2D eigenvalue weighted by atomic mass is 16.5. The van der Waals surface area contributed by atoms with Crippen LogP contribution in [0.25, 0.3) is 5.76 Å². The number of hydrogen-bond acceptors (Lipinski definition) is 5. The minimum absolute atomic E-state index is 0.00924. The standard InChI is InChI=1S/C25H23NO5/c1-4-30-18-11-9-17(10-12-18)23(27)21-22(20-6-5-13-31-20)26(25(29)24(21)28)19-14-15(2)7-8-16(19)3/h5-14,22,27H,4H2,1-3H3/b23-21-. The third-order valence-corrected chi connectivity index (χ3v) is 5.32. The van der Waals surface area contributed by atoms with E-state index in [4.69, 9.17) is 9.15 Å². The first-order valence-corrected chi connectivity index (χ1v) is 10.1. The van der Waals surface area contributed by atoms with E-state index in [2.05, 4.69) is 0 Å². The smallest absolute Gasteiger partial charge is 0.300 e. The number of benzene rings is 2. The topological polar surface area (TPSA) is 80.0 Å². The lowest BCUT2D eigenvalue weighted by Crippen LogP contribution is -2.30. The molecule has 158 valence electrons. The summed E-state index contributed by atoms with van der Waals surface area (Å²) in [5, 5.41) is 11.1. The quantitative estimate of drug-likeness (QED) is 0.362. The monoisotopic (exact) mass is 417 g/mol. The molecule has 3 aromatic rings. The van der Waals surface area contributed by atoms with Crippen LogP contribution < -0.4 is 9.64 Å². The Bertz CT molecular complexity index is 1160. The molecule has 2 heterocycles. The predicted molar refractivity (Wildman–Crippen MR) is 117 cm³/mol. The van der Waals surface area contributed by atoms with Crippen LogP contribution in [0.15, 0.2) is 70.9 Å². The summed E-state index contributed by atoms with van der Waals surface area (Å²) in [7, 11) is 0. The number of anilines is 1. The Balaban J connectivity index is 1.89. The second-order valence-corrected chi connectivity index (χ2v) is 7.43. The van der Waals surface area contributed by atoms with Crippen LogP contribution in [0.5, 0.6) is 5.75 Å². The van der Waals surface area contributed by atoms with Gasteiger partial charge in [0.25, 0.3) is 11.7 Å². The van der Waals surface area contributed by atoms with Crippen molar-refractivity contribution in [3.05, 3.63) is 88.9 Å². The second-order valence-electron chi connectivity index (χ2n) is 7.43. The van der Waals surface area contributed by atoms with Crippen LogP contribution in [0.2, 0.25) is 0 Å². The first kappa shape index (κ1) is 20.5. The molecule has 0 bridgehead atoms. The van der Waals surface area contributed by atoms with Crippen LogP contribution in [0, 0.1) is 13.8 Å². The zero-order valence-corrected chi connectivity index (χ0v) is 17.6. The molecule has 1 atom stereocenters. The number of rotatable bonds is 5. The summed E-state index contributed by atoms with van der Waals surface area (Å²) in [6, 6.07) is 14.9. The van der Waals surface area contributed by atoms with Crippen LogP contribution in [0.3, 0.4) is 0 Å². The number of carbonyl (C=O) groups is 2. The Morgan fingerprint density at radius 3 is 2.48 bits per heavy atom. The lowest BCUT2D eigenvalue weighted by Gasteiger charge is -2.25. The maximum Gasteiger partial charge on any atom is 0.300 e. The average molecular weight is 417 g/mol. The van der Waals surface area contributed by atoms with E-state index >= 15 is 0 Å². The summed E-state index contributed by atoms with van der Waals surface area (Å²) in [5.74, 6) is -0.669. The van der Waals surface area contributed by atoms with Crippen LogP contribution in [0.1, 0.15) is 35.4 Å². The Hall–Kier alpha value is -3.80. The van der Waals surface area contributed by atoms with Gasteiger partial charge < -0.3 is 14.3 Å². The van der Waals surface area contributed by atoms with Gasteiger partial charge in [0.2, 0.25) is 0 Å². The summed E-state index contributed by atoms with van der Waals surface area (Å²) in [4.78, 5) is 27.6. The maximum atomic E-state index is 13.1. The highest BCUT2D eigenvalue weighted by Crippen LogP contribution is 2.43. The number of ether oxygens (including phenoxy) is 1. The van der Waals surface area contributed by atoms with E-state index in [0.717, 1.165) is 11.1 Å². The van der Waals surface area contributed by atoms with Crippen LogP contribution >= 0.6 is 0 Å². The molecule has 1 N–H and O–H groups in total. The average Bonchev–Trinajstić information content (AvgIpc) is 3.37. The number of amides is 1. The molecular formula is C25H23NO5. The Morgan fingerprint density at radius 2 is 1.84 bits per heavy atom. The van der Waals surface area contributed by atoms with E-state index in [1.54, 1.807) is 36.4 Å². The van der Waals surface area contributed by atoms with Crippen molar-refractivity contribution in [3.63, 3.8) is 0 Å². The SMILES string of the molecule is CCOc1ccc(/C(O)=C2/C(=O)C(=O)N(c3cc(C)ccc3C)C2c2ccco2)cc1. The molecule has 1 unspecified atom stereocenters. The number of hydrogen-bond donors (Lipinski definition) is 1. The molecule has 6 heteroatoms. The largest absolute Gasteiger partial charge is 0.507 e. The van der Waals surface area contributed by atoms with Gasteiger partial charge in [-0.2, -0.15) is 0 Å². The Kier molecular flexibility index (Phi) is 5.38. The normalized spacial score (nSPS) is 17.9. The van der Waals surface area contributed by atoms with Crippen molar-refractivity contribution in [2.24, 2.45) is 0 Å². The third kappa shape index (κ3) is 3.61. The number of furan rings is 1. The van der Waals surface area contributed by atoms with Gasteiger partial charge in [0.1, 0.15) is 23.3 Å². The van der Waals surface area contributed by atoms with E-state index in [0.29, 0.717) is 29.4 Å². The summed E-state index contributed by atoms with van der Waals surface area (Å²) in [6.45, 7) is 6.19. The first-order chi connectivity index (χ1) is 14.9. The van der Waals surface area contributed by atoms with E-state index in [9.17, 15) is 14.7 Å². The van der Waals surface area contributed by atoms with Crippen LogP contribution in [-0.4, -0.2) is 23.4 Å². The molecule has 1 aliphatic rings. The molecule has 31 heavy (non-hydrogen) atoms. The Labute approximate surface area is 180 Å². The van der Waals surface area contributed by atoms with Gasteiger partial charge in [-0.25, -0.2) is 0 Å². The van der Waals surface area contributed by atoms with E-state index in [-0.39, 0.29) is 11.3 Å². The minimum atomic E-state index is -0.873. The van der Waals surface area contributed by atoms with Gasteiger partial charge in [-0.15, -0.1) is 0 Å². The number of Topliss-reactive ketones (excluding diaryl/α,β-unsaturated/α-hetero) is 1. The number of aliphatic hydroxyl groups is 1. The molecule has 1 saturated heterocycles. The van der Waals surface area contributed by atoms with Crippen LogP contribution in [-0.2, 0) is 9.59 Å². The highest BCUT2D eigenvalue weighted by Gasteiger charge is 2.48. The van der Waals surface area contributed by atoms with E-state index < -0.39 is 17.7 Å². The van der Waals surface area contributed by atoms with Gasteiger partial charge >= 0.3 is 0 Å². The van der Waals surface area contributed by atoms with Crippen molar-refractivity contribution in [3.8, 4) is 5.75 Å². The molecule has 1 aromatic heterocycles. The highest BCUT2D eigenvalue weighted by molar-refractivity contribution is 6.51. The number of aliphatic hydroxyl groups excluding tert-OH is 1. The van der Waals surface area contributed by atoms with Crippen LogP contribution in [0.4, 0.5) is 5.69 Å². The zero-order valence-electron chi connectivity index (χ0n) is 17.6. The van der Waals surface area contributed by atoms with Gasteiger partial charge in [0.15, 0.2) is 0 Å². The molecule has 6 nitrogen and oxygen atoms in total. The van der Waals surface area contributed by atoms with Gasteiger partial charge in [-0.3, -0.25) is 14.5 Å². The summed E-state index contributed by atoms with van der Waals surface area (Å²) < 4.78 is 11.0. The molecule has 1 aliphatic heterocycles. The lowest BCUT2D eigenvalue weighted by atomic mass is 9.98. The van der Waals surface area contributed by atoms with E-state index in [1.807, 2.05) is 39.0 Å². The third-order valence-electron chi connectivity index (χ3n) is 5.32. The fourth-order valence-corrected chi connectivity index (χ4v) is 3.81. The fourth-order valence-electron chi connectivity index (χ4n) is 3.81. The number of aryl methyl sites for hydroxylation is 2. The summed E-state index contributed by atoms with van der Waals surface area (Å²) in [5.41, 5.74) is 2.80. The molecule has 0 spiro atoms. The molecule has 0 saturated carbocycles. The number of carbonyl (C=O) groups excluding carboxylic acids is 2. The van der Waals surface area contributed by atoms with Crippen molar-refractivity contribution < 1.29 is 23.8 Å². The van der Waals surface area contributed by atoms with Gasteiger partial charge in [0, 0.05) is 11.3 Å². The molecule has 1 fully saturated rings. The molecule has 0 radical (unpaired) electrons. The molecule has 0 aliphatic carbocycles. The minimum Gasteiger partial charge on any atom is -0.507 e. The van der Waals surface area contributed by atoms with Crippen molar-refractivity contribution in [2.75, 3.05) is 11.5 Å². The maximum absolute atomic E-state index is 13.1. The summed E-state index contributed by atoms with van der Waals surface area (Å²) in [6.07, 6.45) is 1.48. The van der Waals surface area contributed by atoms with Crippen molar-refractivity contribution in [1.29, 1.82) is 0 Å². The van der Waals surface area contributed by atoms with Crippen molar-refractivity contribution in [2.45, 2.75) is 26.8 Å². The van der Waals surface area contributed by atoms with Gasteiger partial charge in [0.05, 0.1) is 18.4 Å². The van der Waals surface area contributed by atoms with Crippen molar-refractivity contribution >= 4 is 23.1 Å². The summed E-state index contributed by atoms with van der Waals surface area (Å²) >= 11 is 0. The molecular weight excluding hydrogens is 394 g/mol. The van der Waals surface area contributed by atoms with Gasteiger partial charge in [-0.05, 0) is 74.4 Å². The first-order valence-electron chi connectivity index (χ1n) is 10.1.